The van der Waals surface area contributed by atoms with Crippen LogP contribution in [0.2, 0.25) is 0 Å². The number of hydrogen-bond acceptors (Lipinski definition) is 4. The van der Waals surface area contributed by atoms with Gasteiger partial charge in [0.25, 0.3) is 0 Å². The summed E-state index contributed by atoms with van der Waals surface area (Å²) < 4.78 is 17.5. The molecule has 0 amide bonds. The second kappa shape index (κ2) is 3.33. The van der Waals surface area contributed by atoms with Gasteiger partial charge in [0.1, 0.15) is 4.60 Å². The normalized spacial score (nSPS) is 23.4. The summed E-state index contributed by atoms with van der Waals surface area (Å²) in [7, 11) is -0.494. The van der Waals surface area contributed by atoms with Crippen LogP contribution in [0.3, 0.4) is 0 Å². The Kier molecular flexibility index (Phi) is 2.48. The van der Waals surface area contributed by atoms with Gasteiger partial charge in [-0.05, 0) is 43.6 Å². The quantitative estimate of drug-likeness (QED) is 0.731. The molecule has 2 heterocycles. The molecular weight excluding hydrogens is 261 g/mol. The molecule has 1 saturated heterocycles. The van der Waals surface area contributed by atoms with Gasteiger partial charge in [-0.1, -0.05) is 0 Å². The maximum absolute atomic E-state index is 5.80. The third-order valence-electron chi connectivity index (χ3n) is 3.02. The minimum absolute atomic E-state index is 0.357. The van der Waals surface area contributed by atoms with Gasteiger partial charge in [0.15, 0.2) is 12.1 Å². The number of rotatable bonds is 1. The lowest BCUT2D eigenvalue weighted by Crippen LogP contribution is -2.41. The number of halogens is 1. The summed E-state index contributed by atoms with van der Waals surface area (Å²) in [4.78, 5) is 3.95. The van der Waals surface area contributed by atoms with E-state index in [9.17, 15) is 0 Å². The van der Waals surface area contributed by atoms with E-state index in [1.54, 1.807) is 0 Å². The monoisotopic (exact) mass is 273 g/mol. The highest BCUT2D eigenvalue weighted by molar-refractivity contribution is 9.10. The van der Waals surface area contributed by atoms with Crippen molar-refractivity contribution in [3.63, 3.8) is 0 Å². The van der Waals surface area contributed by atoms with Gasteiger partial charge in [-0.15, -0.1) is 0 Å². The van der Waals surface area contributed by atoms with E-state index in [-0.39, 0.29) is 11.2 Å². The molecule has 1 fully saturated rings. The average Bonchev–Trinajstić information content (AvgIpc) is 2.55. The standard InChI is InChI=1S/C9H13BBrNO3/c1-8(2)9(3,4)15-10(14-8)6-7(11)12-5-13-6/h5H,1-4H3. The minimum atomic E-state index is -0.494. The molecule has 0 bridgehead atoms. The molecule has 0 spiro atoms. The summed E-state index contributed by atoms with van der Waals surface area (Å²) >= 11 is 3.29. The Hall–Kier alpha value is -0.325. The van der Waals surface area contributed by atoms with Crippen molar-refractivity contribution in [2.24, 2.45) is 0 Å². The van der Waals surface area contributed by atoms with E-state index in [1.165, 1.54) is 6.39 Å². The van der Waals surface area contributed by atoms with Gasteiger partial charge < -0.3 is 13.7 Å². The summed E-state index contributed by atoms with van der Waals surface area (Å²) in [5.41, 5.74) is -0.137. The van der Waals surface area contributed by atoms with Crippen molar-refractivity contribution in [3.8, 4) is 0 Å². The highest BCUT2D eigenvalue weighted by atomic mass is 79.9. The van der Waals surface area contributed by atoms with Crippen LogP contribution in [0, 0.1) is 0 Å². The fourth-order valence-corrected chi connectivity index (χ4v) is 1.71. The first-order valence-electron chi connectivity index (χ1n) is 4.78. The van der Waals surface area contributed by atoms with Crippen LogP contribution in [0.15, 0.2) is 15.4 Å². The zero-order valence-electron chi connectivity index (χ0n) is 9.20. The van der Waals surface area contributed by atoms with E-state index >= 15 is 0 Å². The van der Waals surface area contributed by atoms with E-state index in [1.807, 2.05) is 27.7 Å². The van der Waals surface area contributed by atoms with E-state index in [0.29, 0.717) is 10.3 Å². The zero-order chi connectivity index (χ0) is 11.3. The lowest BCUT2D eigenvalue weighted by molar-refractivity contribution is 0.00578. The van der Waals surface area contributed by atoms with Crippen LogP contribution < -0.4 is 5.66 Å². The molecule has 82 valence electrons. The summed E-state index contributed by atoms with van der Waals surface area (Å²) in [6, 6.07) is 0. The first kappa shape index (κ1) is 11.2. The Balaban J connectivity index is 2.27. The first-order chi connectivity index (χ1) is 6.83. The highest BCUT2D eigenvalue weighted by Gasteiger charge is 2.53. The zero-order valence-corrected chi connectivity index (χ0v) is 10.8. The van der Waals surface area contributed by atoms with E-state index < -0.39 is 7.12 Å². The summed E-state index contributed by atoms with van der Waals surface area (Å²) in [5, 5.41) is 0. The van der Waals surface area contributed by atoms with Crippen LogP contribution in [0.4, 0.5) is 0 Å². The maximum atomic E-state index is 5.80. The van der Waals surface area contributed by atoms with Gasteiger partial charge in [-0.3, -0.25) is 0 Å². The van der Waals surface area contributed by atoms with Gasteiger partial charge in [-0.25, -0.2) is 4.98 Å². The van der Waals surface area contributed by atoms with E-state index in [2.05, 4.69) is 20.9 Å². The van der Waals surface area contributed by atoms with Crippen LogP contribution in [-0.2, 0) is 9.31 Å². The summed E-state index contributed by atoms with van der Waals surface area (Å²) in [6.45, 7) is 7.99. The Morgan fingerprint density at radius 3 is 2.13 bits per heavy atom. The largest absolute Gasteiger partial charge is 0.535 e. The van der Waals surface area contributed by atoms with Crippen LogP contribution in [-0.4, -0.2) is 23.3 Å². The smallest absolute Gasteiger partial charge is 0.451 e. The Morgan fingerprint density at radius 1 is 1.20 bits per heavy atom. The predicted molar refractivity (Wildman–Crippen MR) is 59.9 cm³/mol. The lowest BCUT2D eigenvalue weighted by atomic mass is 9.87. The van der Waals surface area contributed by atoms with Gasteiger partial charge >= 0.3 is 7.12 Å². The van der Waals surface area contributed by atoms with Crippen molar-refractivity contribution in [1.82, 2.24) is 4.98 Å². The fraction of sp³-hybridized carbons (Fsp3) is 0.667. The molecule has 0 aliphatic carbocycles. The second-order valence-electron chi connectivity index (χ2n) is 4.60. The summed E-state index contributed by atoms with van der Waals surface area (Å²) in [6.07, 6.45) is 1.37. The van der Waals surface area contributed by atoms with Crippen molar-refractivity contribution in [2.75, 3.05) is 0 Å². The molecule has 0 aromatic carbocycles. The van der Waals surface area contributed by atoms with Crippen molar-refractivity contribution < 1.29 is 13.7 Å². The topological polar surface area (TPSA) is 44.5 Å². The molecule has 0 unspecified atom stereocenters. The highest BCUT2D eigenvalue weighted by Crippen LogP contribution is 2.36. The maximum Gasteiger partial charge on any atom is 0.535 e. The second-order valence-corrected chi connectivity index (χ2v) is 5.35. The van der Waals surface area contributed by atoms with Crippen molar-refractivity contribution in [1.29, 1.82) is 0 Å². The minimum Gasteiger partial charge on any atom is -0.451 e. The fourth-order valence-electron chi connectivity index (χ4n) is 1.34. The molecule has 1 aromatic rings. The Labute approximate surface area is 97.6 Å². The predicted octanol–water partition coefficient (Wildman–Crippen LogP) is 1.74. The van der Waals surface area contributed by atoms with Gasteiger partial charge in [-0.2, -0.15) is 0 Å². The third-order valence-corrected chi connectivity index (χ3v) is 3.61. The molecule has 1 aromatic heterocycles. The van der Waals surface area contributed by atoms with Crippen LogP contribution >= 0.6 is 15.9 Å². The molecule has 0 atom stereocenters. The molecule has 0 saturated carbocycles. The van der Waals surface area contributed by atoms with Gasteiger partial charge in [0.2, 0.25) is 0 Å². The number of aromatic nitrogens is 1. The van der Waals surface area contributed by atoms with Crippen molar-refractivity contribution in [2.45, 2.75) is 38.9 Å². The van der Waals surface area contributed by atoms with Gasteiger partial charge in [0, 0.05) is 0 Å². The molecule has 6 heteroatoms. The SMILES string of the molecule is CC1(C)OB(c2ocnc2Br)OC1(C)C. The molecule has 1 aliphatic rings. The van der Waals surface area contributed by atoms with Crippen molar-refractivity contribution >= 4 is 28.7 Å². The molecule has 0 N–H and O–H groups in total. The average molecular weight is 274 g/mol. The lowest BCUT2D eigenvalue weighted by Gasteiger charge is -2.32. The van der Waals surface area contributed by atoms with E-state index in [0.717, 1.165) is 0 Å². The van der Waals surface area contributed by atoms with Gasteiger partial charge in [0.05, 0.1) is 11.2 Å². The van der Waals surface area contributed by atoms with Crippen LogP contribution in [0.5, 0.6) is 0 Å². The number of nitrogens with zero attached hydrogens (tertiary/aromatic N) is 1. The van der Waals surface area contributed by atoms with Crippen molar-refractivity contribution in [3.05, 3.63) is 11.0 Å². The molecule has 4 nitrogen and oxygen atoms in total. The first-order valence-corrected chi connectivity index (χ1v) is 5.57. The third kappa shape index (κ3) is 1.75. The molecule has 2 rings (SSSR count). The molecule has 15 heavy (non-hydrogen) atoms. The number of hydrogen-bond donors (Lipinski definition) is 0. The summed E-state index contributed by atoms with van der Waals surface area (Å²) in [5.74, 6) is 0. The molecule has 1 aliphatic heterocycles. The Bertz CT molecular complexity index is 361. The molecule has 0 radical (unpaired) electrons. The van der Waals surface area contributed by atoms with Crippen LogP contribution in [0.25, 0.3) is 0 Å². The molecular formula is C9H13BBrNO3. The number of oxazole rings is 1. The van der Waals surface area contributed by atoms with Crippen LogP contribution in [0.1, 0.15) is 27.7 Å². The Morgan fingerprint density at radius 2 is 1.73 bits per heavy atom. The van der Waals surface area contributed by atoms with E-state index in [4.69, 9.17) is 13.7 Å².